The number of rotatable bonds is 4. The molecule has 2 amide bonds. The van der Waals surface area contributed by atoms with Crippen molar-refractivity contribution in [1.82, 2.24) is 9.80 Å². The molecule has 3 aromatic carbocycles. The molecule has 2 spiro atoms. The van der Waals surface area contributed by atoms with Gasteiger partial charge >= 0.3 is 0 Å². The molecule has 11 heteroatoms. The van der Waals surface area contributed by atoms with Crippen LogP contribution in [0.5, 0.6) is 0 Å². The van der Waals surface area contributed by atoms with Crippen LogP contribution in [-0.2, 0) is 21.7 Å². The topological polar surface area (TPSA) is 95.8 Å². The molecule has 3 aromatic rings. The molecule has 8 nitrogen and oxygen atoms in total. The lowest BCUT2D eigenvalue weighted by Crippen LogP contribution is -2.61. The second-order valence-corrected chi connectivity index (χ2v) is 11.5. The lowest BCUT2D eigenvalue weighted by Gasteiger charge is -2.41. The number of thiocarbonyl (C=S) groups is 1. The summed E-state index contributed by atoms with van der Waals surface area (Å²) >= 11 is 6.87. The Hall–Kier alpha value is -3.67. The monoisotopic (exact) mass is 548 g/mol. The van der Waals surface area contributed by atoms with Crippen molar-refractivity contribution in [1.29, 1.82) is 0 Å². The first-order chi connectivity index (χ1) is 18.2. The zero-order valence-corrected chi connectivity index (χ0v) is 21.7. The predicted octanol–water partition coefficient (Wildman–Crippen LogP) is 4.41. The van der Waals surface area contributed by atoms with Crippen LogP contribution in [0.25, 0.3) is 0 Å². The molecule has 3 atom stereocenters. The van der Waals surface area contributed by atoms with Crippen LogP contribution >= 0.6 is 24.0 Å². The van der Waals surface area contributed by atoms with Crippen LogP contribution in [0.4, 0.5) is 15.8 Å². The fraction of sp³-hybridized carbons (Fsp3) is 0.222. The van der Waals surface area contributed by atoms with Gasteiger partial charge in [-0.2, -0.15) is 0 Å². The molecule has 3 unspecified atom stereocenters. The highest BCUT2D eigenvalue weighted by Crippen LogP contribution is 2.66. The highest BCUT2D eigenvalue weighted by Gasteiger charge is 2.77. The number of carbonyl (C=O) groups excluding carboxylic acids is 2. The van der Waals surface area contributed by atoms with Gasteiger partial charge in [-0.25, -0.2) is 4.39 Å². The van der Waals surface area contributed by atoms with Gasteiger partial charge in [0.05, 0.1) is 11.5 Å². The maximum absolute atomic E-state index is 14.7. The van der Waals surface area contributed by atoms with Crippen molar-refractivity contribution in [3.63, 3.8) is 0 Å². The van der Waals surface area contributed by atoms with Gasteiger partial charge in [-0.15, -0.1) is 0 Å². The van der Waals surface area contributed by atoms with E-state index in [1.54, 1.807) is 24.1 Å². The lowest BCUT2D eigenvalue weighted by atomic mass is 9.72. The summed E-state index contributed by atoms with van der Waals surface area (Å²) in [5.41, 5.74) is 0.437. The van der Waals surface area contributed by atoms with E-state index >= 15 is 0 Å². The van der Waals surface area contributed by atoms with Crippen LogP contribution in [0.3, 0.4) is 0 Å². The van der Waals surface area contributed by atoms with Crippen molar-refractivity contribution < 1.29 is 18.9 Å². The maximum atomic E-state index is 14.7. The van der Waals surface area contributed by atoms with E-state index in [0.29, 0.717) is 21.1 Å². The summed E-state index contributed by atoms with van der Waals surface area (Å²) in [6.07, 6.45) is 0. The van der Waals surface area contributed by atoms with Crippen molar-refractivity contribution in [2.45, 2.75) is 22.7 Å². The van der Waals surface area contributed by atoms with Gasteiger partial charge in [0.2, 0.25) is 5.91 Å². The number of nitrogens with one attached hydrogen (secondary N) is 1. The van der Waals surface area contributed by atoms with Crippen molar-refractivity contribution >= 4 is 51.5 Å². The van der Waals surface area contributed by atoms with Gasteiger partial charge < -0.3 is 5.32 Å². The molecule has 0 aliphatic carbocycles. The third-order valence-corrected chi connectivity index (χ3v) is 9.65. The molecule has 3 heterocycles. The average Bonchev–Trinajstić information content (AvgIpc) is 3.44. The van der Waals surface area contributed by atoms with E-state index in [-0.39, 0.29) is 24.7 Å². The quantitative estimate of drug-likeness (QED) is 0.293. The van der Waals surface area contributed by atoms with Gasteiger partial charge in [0.25, 0.3) is 11.6 Å². The molecule has 3 aliphatic rings. The number of nitrogens with zero attached hydrogens (tertiary/aromatic N) is 3. The van der Waals surface area contributed by atoms with E-state index in [1.165, 1.54) is 35.2 Å². The zero-order valence-electron chi connectivity index (χ0n) is 20.1. The average molecular weight is 549 g/mol. The summed E-state index contributed by atoms with van der Waals surface area (Å²) in [6, 6.07) is 19.5. The van der Waals surface area contributed by atoms with Crippen molar-refractivity contribution in [3.8, 4) is 0 Å². The number of hydrogen-bond acceptors (Lipinski definition) is 7. The Morgan fingerprint density at radius 2 is 1.89 bits per heavy atom. The minimum atomic E-state index is -1.60. The molecule has 0 aromatic heterocycles. The number of amides is 2. The van der Waals surface area contributed by atoms with Crippen molar-refractivity contribution in [3.05, 3.63) is 105 Å². The number of non-ortho nitro benzene ring substituents is 1. The predicted molar refractivity (Wildman–Crippen MR) is 145 cm³/mol. The van der Waals surface area contributed by atoms with Crippen LogP contribution in [-0.4, -0.2) is 49.2 Å². The standard InChI is InChI=1S/C27H21FN4O4S2/c1-30-15-21(17-8-5-9-19(12-17)32(35)36)27(26(30)20-13-18(28)10-11-22(20)29-23(26)33)24(34)31(25(37)38-27)14-16-6-3-2-4-7-16/h2-13,21H,14-15H2,1H3,(H,29,33). The lowest BCUT2D eigenvalue weighted by molar-refractivity contribution is -0.384. The molecular formula is C27H21FN4O4S2. The molecule has 192 valence electrons. The molecule has 1 N–H and O–H groups in total. The Morgan fingerprint density at radius 1 is 1.13 bits per heavy atom. The summed E-state index contributed by atoms with van der Waals surface area (Å²) in [6.45, 7) is 0.414. The highest BCUT2D eigenvalue weighted by atomic mass is 32.2. The first-order valence-electron chi connectivity index (χ1n) is 11.9. The summed E-state index contributed by atoms with van der Waals surface area (Å²) in [5.74, 6) is -2.05. The Labute approximate surface area is 227 Å². The van der Waals surface area contributed by atoms with Gasteiger partial charge in [0.1, 0.15) is 14.9 Å². The molecule has 38 heavy (non-hydrogen) atoms. The number of fused-ring (bicyclic) bond motifs is 3. The number of hydrogen-bond donors (Lipinski definition) is 1. The van der Waals surface area contributed by atoms with Gasteiger partial charge in [0, 0.05) is 35.8 Å². The number of benzene rings is 3. The van der Waals surface area contributed by atoms with E-state index in [1.807, 2.05) is 30.3 Å². The van der Waals surface area contributed by atoms with Gasteiger partial charge in [-0.3, -0.25) is 29.5 Å². The first kappa shape index (κ1) is 24.7. The number of nitro benzene ring substituents is 1. The third kappa shape index (κ3) is 3.22. The molecular weight excluding hydrogens is 527 g/mol. The number of carbonyl (C=O) groups is 2. The Kier molecular flexibility index (Phi) is 5.64. The molecule has 2 saturated heterocycles. The van der Waals surface area contributed by atoms with E-state index in [9.17, 15) is 24.1 Å². The zero-order chi connectivity index (χ0) is 26.8. The number of thioether (sulfide) groups is 1. The molecule has 0 radical (unpaired) electrons. The summed E-state index contributed by atoms with van der Waals surface area (Å²) in [7, 11) is 1.72. The number of anilines is 1. The Morgan fingerprint density at radius 3 is 2.63 bits per heavy atom. The van der Waals surface area contributed by atoms with E-state index in [4.69, 9.17) is 12.2 Å². The largest absolute Gasteiger partial charge is 0.324 e. The molecule has 3 aliphatic heterocycles. The molecule has 0 bridgehead atoms. The fourth-order valence-corrected chi connectivity index (χ4v) is 8.28. The first-order valence-corrected chi connectivity index (χ1v) is 13.1. The third-order valence-electron chi connectivity index (χ3n) is 7.70. The van der Waals surface area contributed by atoms with Gasteiger partial charge in [0.15, 0.2) is 5.54 Å². The summed E-state index contributed by atoms with van der Waals surface area (Å²) in [4.78, 5) is 43.0. The second kappa shape index (κ2) is 8.69. The van der Waals surface area contributed by atoms with Crippen LogP contribution in [0.15, 0.2) is 72.8 Å². The second-order valence-electron chi connectivity index (χ2n) is 9.62. The SMILES string of the molecule is CN1CC(c2cccc([N+](=O)[O-])c2)C2(SC(=S)N(Cc3ccccc3)C2=O)C12C(=O)Nc1ccc(F)cc12. The van der Waals surface area contributed by atoms with E-state index in [2.05, 4.69) is 5.32 Å². The van der Waals surface area contributed by atoms with Crippen LogP contribution in [0.1, 0.15) is 22.6 Å². The molecule has 6 rings (SSSR count). The summed E-state index contributed by atoms with van der Waals surface area (Å²) < 4.78 is 13.4. The van der Waals surface area contributed by atoms with Crippen molar-refractivity contribution in [2.24, 2.45) is 0 Å². The number of likely N-dealkylation sites (tertiary alicyclic amines) is 1. The van der Waals surface area contributed by atoms with Crippen LogP contribution in [0, 0.1) is 15.9 Å². The Balaban J connectivity index is 1.59. The number of halogens is 1. The minimum Gasteiger partial charge on any atom is -0.324 e. The molecule has 2 fully saturated rings. The van der Waals surface area contributed by atoms with Gasteiger partial charge in [-0.1, -0.05) is 66.4 Å². The van der Waals surface area contributed by atoms with Gasteiger partial charge in [-0.05, 0) is 36.4 Å². The van der Waals surface area contributed by atoms with Crippen LogP contribution < -0.4 is 5.32 Å². The Bertz CT molecular complexity index is 1540. The maximum Gasteiger partial charge on any atom is 0.269 e. The van der Waals surface area contributed by atoms with E-state index < -0.39 is 32.9 Å². The smallest absolute Gasteiger partial charge is 0.269 e. The minimum absolute atomic E-state index is 0.122. The van der Waals surface area contributed by atoms with E-state index in [0.717, 1.165) is 17.3 Å². The number of nitro groups is 1. The number of likely N-dealkylation sites (N-methyl/N-ethyl adjacent to an activating group) is 1. The van der Waals surface area contributed by atoms with Crippen LogP contribution in [0.2, 0.25) is 0 Å². The fourth-order valence-electron chi connectivity index (χ4n) is 6.15. The summed E-state index contributed by atoms with van der Waals surface area (Å²) in [5, 5.41) is 14.5. The normalized spacial score (nSPS) is 26.4. The highest BCUT2D eigenvalue weighted by molar-refractivity contribution is 8.25. The van der Waals surface area contributed by atoms with Crippen molar-refractivity contribution in [2.75, 3.05) is 18.9 Å². The molecule has 0 saturated carbocycles.